The second-order valence-electron chi connectivity index (χ2n) is 5.96. The third kappa shape index (κ3) is 5.56. The molecule has 5 heteroatoms. The summed E-state index contributed by atoms with van der Waals surface area (Å²) in [5, 5.41) is 3.06. The van der Waals surface area contributed by atoms with Crippen molar-refractivity contribution in [2.75, 3.05) is 33.9 Å². The normalized spacial score (nSPS) is 15.5. The Hall–Kier alpha value is -1.75. The summed E-state index contributed by atoms with van der Waals surface area (Å²) in [4.78, 5) is 13.9. The van der Waals surface area contributed by atoms with E-state index in [0.29, 0.717) is 31.7 Å². The molecule has 1 unspecified atom stereocenters. The van der Waals surface area contributed by atoms with Crippen LogP contribution in [0.25, 0.3) is 0 Å². The molecule has 22 heavy (non-hydrogen) atoms. The number of hydrogen-bond donors (Lipinski definition) is 1. The highest BCUT2D eigenvalue weighted by molar-refractivity contribution is 5.78. The fraction of sp³-hybridized carbons (Fsp3) is 0.588. The Morgan fingerprint density at radius 1 is 1.32 bits per heavy atom. The molecule has 1 atom stereocenters. The van der Waals surface area contributed by atoms with E-state index in [1.165, 1.54) is 12.8 Å². The summed E-state index contributed by atoms with van der Waals surface area (Å²) in [7, 11) is 3.57. The number of carbonyl (C=O) groups excluding carboxylic acids is 1. The molecule has 1 saturated carbocycles. The van der Waals surface area contributed by atoms with Gasteiger partial charge in [0.1, 0.15) is 18.1 Å². The first-order valence-electron chi connectivity index (χ1n) is 7.83. The Bertz CT molecular complexity index is 471. The van der Waals surface area contributed by atoms with Crippen molar-refractivity contribution >= 4 is 5.91 Å². The van der Waals surface area contributed by atoms with E-state index in [-0.39, 0.29) is 5.91 Å². The van der Waals surface area contributed by atoms with Crippen molar-refractivity contribution < 1.29 is 14.3 Å². The van der Waals surface area contributed by atoms with Gasteiger partial charge in [-0.1, -0.05) is 0 Å². The molecule has 0 saturated heterocycles. The molecule has 0 spiro atoms. The van der Waals surface area contributed by atoms with Crippen LogP contribution in [-0.2, 0) is 4.79 Å². The van der Waals surface area contributed by atoms with Crippen LogP contribution < -0.4 is 14.8 Å². The zero-order valence-electron chi connectivity index (χ0n) is 13.7. The molecule has 1 amide bonds. The molecular weight excluding hydrogens is 280 g/mol. The van der Waals surface area contributed by atoms with Crippen LogP contribution in [0.1, 0.15) is 19.8 Å². The molecule has 0 bridgehead atoms. The smallest absolute Gasteiger partial charge is 0.234 e. The van der Waals surface area contributed by atoms with Crippen molar-refractivity contribution in [1.29, 1.82) is 0 Å². The summed E-state index contributed by atoms with van der Waals surface area (Å²) in [6, 6.07) is 7.79. The van der Waals surface area contributed by atoms with Gasteiger partial charge in [-0.3, -0.25) is 9.69 Å². The summed E-state index contributed by atoms with van der Waals surface area (Å²) in [5.41, 5.74) is 0. The van der Waals surface area contributed by atoms with E-state index >= 15 is 0 Å². The van der Waals surface area contributed by atoms with Crippen molar-refractivity contribution in [3.63, 3.8) is 0 Å². The highest BCUT2D eigenvalue weighted by Gasteiger charge is 2.28. The minimum absolute atomic E-state index is 0.0892. The largest absolute Gasteiger partial charge is 0.497 e. The Morgan fingerprint density at radius 3 is 2.55 bits per heavy atom. The van der Waals surface area contributed by atoms with E-state index in [1.807, 2.05) is 36.2 Å². The number of nitrogens with zero attached hydrogens (tertiary/aromatic N) is 1. The lowest BCUT2D eigenvalue weighted by Gasteiger charge is -2.19. The molecule has 122 valence electrons. The highest BCUT2D eigenvalue weighted by atomic mass is 16.5. The standard InChI is InChI=1S/C17H26N2O3/c1-13(14-4-5-14)18-17(20)12-19(2)10-11-22-16-8-6-15(21-3)7-9-16/h6-9,13-14H,4-5,10-12H2,1-3H3,(H,18,20). The first-order valence-corrected chi connectivity index (χ1v) is 7.83. The predicted molar refractivity (Wildman–Crippen MR) is 86.3 cm³/mol. The van der Waals surface area contributed by atoms with Gasteiger partial charge >= 0.3 is 0 Å². The molecule has 0 radical (unpaired) electrons. The SMILES string of the molecule is COc1ccc(OCCN(C)CC(=O)NC(C)C2CC2)cc1. The maximum absolute atomic E-state index is 11.9. The maximum atomic E-state index is 11.9. The van der Waals surface area contributed by atoms with Crippen LogP contribution in [0.5, 0.6) is 11.5 Å². The average molecular weight is 306 g/mol. The number of ether oxygens (including phenoxy) is 2. The van der Waals surface area contributed by atoms with Crippen LogP contribution >= 0.6 is 0 Å². The second-order valence-corrected chi connectivity index (χ2v) is 5.96. The number of hydrogen-bond acceptors (Lipinski definition) is 4. The van der Waals surface area contributed by atoms with Gasteiger partial charge in [-0.2, -0.15) is 0 Å². The van der Waals surface area contributed by atoms with E-state index in [0.717, 1.165) is 11.5 Å². The van der Waals surface area contributed by atoms with E-state index in [1.54, 1.807) is 7.11 Å². The van der Waals surface area contributed by atoms with Gasteiger partial charge in [-0.05, 0) is 57.0 Å². The number of likely N-dealkylation sites (N-methyl/N-ethyl adjacent to an activating group) is 1. The number of nitrogens with one attached hydrogen (secondary N) is 1. The van der Waals surface area contributed by atoms with Crippen LogP contribution in [0.15, 0.2) is 24.3 Å². The molecule has 5 nitrogen and oxygen atoms in total. The predicted octanol–water partition coefficient (Wildman–Crippen LogP) is 1.92. The molecule has 1 aliphatic carbocycles. The molecule has 1 aliphatic rings. The molecule has 1 aromatic carbocycles. The second kappa shape index (κ2) is 8.03. The van der Waals surface area contributed by atoms with Crippen LogP contribution in [0.3, 0.4) is 0 Å². The van der Waals surface area contributed by atoms with Gasteiger partial charge in [0.25, 0.3) is 0 Å². The van der Waals surface area contributed by atoms with Crippen LogP contribution in [0.4, 0.5) is 0 Å². The maximum Gasteiger partial charge on any atom is 0.234 e. The van der Waals surface area contributed by atoms with Crippen molar-refractivity contribution in [2.45, 2.75) is 25.8 Å². The Balaban J connectivity index is 1.61. The van der Waals surface area contributed by atoms with Crippen molar-refractivity contribution in [2.24, 2.45) is 5.92 Å². The lowest BCUT2D eigenvalue weighted by atomic mass is 10.2. The van der Waals surface area contributed by atoms with Gasteiger partial charge < -0.3 is 14.8 Å². The van der Waals surface area contributed by atoms with E-state index in [4.69, 9.17) is 9.47 Å². The van der Waals surface area contributed by atoms with Gasteiger partial charge in [-0.25, -0.2) is 0 Å². The molecule has 1 aromatic rings. The van der Waals surface area contributed by atoms with E-state index < -0.39 is 0 Å². The Morgan fingerprint density at radius 2 is 1.95 bits per heavy atom. The quantitative estimate of drug-likeness (QED) is 0.757. The number of benzene rings is 1. The monoisotopic (exact) mass is 306 g/mol. The zero-order valence-corrected chi connectivity index (χ0v) is 13.7. The van der Waals surface area contributed by atoms with Crippen LogP contribution in [0.2, 0.25) is 0 Å². The summed E-state index contributed by atoms with van der Waals surface area (Å²) in [6.45, 7) is 3.75. The topological polar surface area (TPSA) is 50.8 Å². The van der Waals surface area contributed by atoms with Crippen LogP contribution in [-0.4, -0.2) is 50.7 Å². The van der Waals surface area contributed by atoms with Crippen molar-refractivity contribution in [3.05, 3.63) is 24.3 Å². The van der Waals surface area contributed by atoms with E-state index in [9.17, 15) is 4.79 Å². The lowest BCUT2D eigenvalue weighted by molar-refractivity contribution is -0.122. The fourth-order valence-electron chi connectivity index (χ4n) is 2.33. The molecule has 0 aliphatic heterocycles. The third-order valence-corrected chi connectivity index (χ3v) is 3.93. The van der Waals surface area contributed by atoms with Crippen molar-refractivity contribution in [1.82, 2.24) is 10.2 Å². The zero-order chi connectivity index (χ0) is 15.9. The number of rotatable bonds is 9. The summed E-state index contributed by atoms with van der Waals surface area (Å²) in [5.74, 6) is 2.39. The Labute approximate surface area is 132 Å². The number of methoxy groups -OCH3 is 1. The van der Waals surface area contributed by atoms with Crippen LogP contribution in [0, 0.1) is 5.92 Å². The lowest BCUT2D eigenvalue weighted by Crippen LogP contribution is -2.41. The van der Waals surface area contributed by atoms with Gasteiger partial charge in [0.15, 0.2) is 0 Å². The molecule has 1 N–H and O–H groups in total. The minimum atomic E-state index is 0.0892. The summed E-state index contributed by atoms with van der Waals surface area (Å²) in [6.07, 6.45) is 2.49. The number of amides is 1. The van der Waals surface area contributed by atoms with Gasteiger partial charge in [-0.15, -0.1) is 0 Å². The third-order valence-electron chi connectivity index (χ3n) is 3.93. The van der Waals surface area contributed by atoms with Gasteiger partial charge in [0.05, 0.1) is 13.7 Å². The molecule has 0 heterocycles. The van der Waals surface area contributed by atoms with Gasteiger partial charge in [0, 0.05) is 12.6 Å². The molecule has 0 aromatic heterocycles. The molecule has 2 rings (SSSR count). The fourth-order valence-corrected chi connectivity index (χ4v) is 2.33. The first kappa shape index (κ1) is 16.6. The average Bonchev–Trinajstić information content (AvgIpc) is 3.32. The highest BCUT2D eigenvalue weighted by Crippen LogP contribution is 2.32. The van der Waals surface area contributed by atoms with Gasteiger partial charge in [0.2, 0.25) is 5.91 Å². The van der Waals surface area contributed by atoms with Crippen molar-refractivity contribution in [3.8, 4) is 11.5 Å². The summed E-state index contributed by atoms with van der Waals surface area (Å²) >= 11 is 0. The Kier molecular flexibility index (Phi) is 6.07. The molecule has 1 fully saturated rings. The summed E-state index contributed by atoms with van der Waals surface area (Å²) < 4.78 is 10.8. The van der Waals surface area contributed by atoms with E-state index in [2.05, 4.69) is 12.2 Å². The minimum Gasteiger partial charge on any atom is -0.497 e. The first-order chi connectivity index (χ1) is 10.6. The number of carbonyl (C=O) groups is 1. The molecular formula is C17H26N2O3.